The molecule has 0 bridgehead atoms. The third kappa shape index (κ3) is 1.14. The van der Waals surface area contributed by atoms with E-state index in [2.05, 4.69) is 4.98 Å². The highest BCUT2D eigenvalue weighted by Gasteiger charge is 2.12. The molecule has 0 fully saturated rings. The second-order valence-electron chi connectivity index (χ2n) is 2.54. The van der Waals surface area contributed by atoms with Gasteiger partial charge in [-0.2, -0.15) is 0 Å². The first-order valence-corrected chi connectivity index (χ1v) is 3.72. The minimum absolute atomic E-state index is 0.553. The van der Waals surface area contributed by atoms with Crippen LogP contribution >= 0.6 is 0 Å². The zero-order valence-corrected chi connectivity index (χ0v) is 6.40. The van der Waals surface area contributed by atoms with Crippen molar-refractivity contribution in [2.24, 2.45) is 0 Å². The van der Waals surface area contributed by atoms with E-state index in [1.807, 2.05) is 12.1 Å². The van der Waals surface area contributed by atoms with Crippen LogP contribution in [0.15, 0.2) is 41.1 Å². The van der Waals surface area contributed by atoms with Crippen LogP contribution < -0.4 is 0 Å². The molecule has 2 rings (SSSR count). The maximum atomic E-state index is 9.64. The molecule has 0 saturated carbocycles. The van der Waals surface area contributed by atoms with E-state index in [1.165, 1.54) is 0 Å². The van der Waals surface area contributed by atoms with Crippen molar-refractivity contribution in [3.8, 4) is 0 Å². The molecule has 2 N–H and O–H groups in total. The Morgan fingerprint density at radius 2 is 2.25 bits per heavy atom. The zero-order valence-electron chi connectivity index (χ0n) is 6.40. The quantitative estimate of drug-likeness (QED) is 0.707. The Balaban J connectivity index is 2.27. The fourth-order valence-corrected chi connectivity index (χ4v) is 1.11. The number of aliphatic hydroxyl groups excluding tert-OH is 1. The van der Waals surface area contributed by atoms with Gasteiger partial charge in [0.1, 0.15) is 5.76 Å². The molecule has 12 heavy (non-hydrogen) atoms. The van der Waals surface area contributed by atoms with Crippen molar-refractivity contribution >= 4 is 0 Å². The maximum Gasteiger partial charge on any atom is 0.151 e. The average Bonchev–Trinajstić information content (AvgIpc) is 2.77. The Morgan fingerprint density at radius 3 is 2.83 bits per heavy atom. The number of nitrogens with one attached hydrogen (secondary N) is 1. The number of aromatic nitrogens is 1. The van der Waals surface area contributed by atoms with Crippen molar-refractivity contribution < 1.29 is 9.52 Å². The Labute approximate surface area is 69.7 Å². The molecule has 0 aliphatic heterocycles. The van der Waals surface area contributed by atoms with Crippen LogP contribution in [0.2, 0.25) is 0 Å². The number of furan rings is 1. The fraction of sp³-hybridized carbons (Fsp3) is 0.111. The standard InChI is InChI=1S/C9H9NO2/c11-9(7-3-1-5-10-7)8-4-2-6-12-8/h1-6,9-11H. The summed E-state index contributed by atoms with van der Waals surface area (Å²) in [7, 11) is 0. The highest BCUT2D eigenvalue weighted by atomic mass is 16.4. The van der Waals surface area contributed by atoms with Crippen molar-refractivity contribution in [2.75, 3.05) is 0 Å². The summed E-state index contributed by atoms with van der Waals surface area (Å²) in [5.74, 6) is 0.553. The summed E-state index contributed by atoms with van der Waals surface area (Å²) in [4.78, 5) is 2.92. The SMILES string of the molecule is OC(c1ccc[nH]1)c1ccco1. The van der Waals surface area contributed by atoms with Crippen LogP contribution in [0.5, 0.6) is 0 Å². The highest BCUT2D eigenvalue weighted by molar-refractivity contribution is 5.17. The molecule has 0 aliphatic rings. The van der Waals surface area contributed by atoms with E-state index < -0.39 is 6.10 Å². The molecular weight excluding hydrogens is 154 g/mol. The summed E-state index contributed by atoms with van der Waals surface area (Å²) in [5, 5.41) is 9.64. The predicted molar refractivity (Wildman–Crippen MR) is 43.6 cm³/mol. The predicted octanol–water partition coefficient (Wildman–Crippen LogP) is 1.69. The lowest BCUT2D eigenvalue weighted by Crippen LogP contribution is -1.97. The lowest BCUT2D eigenvalue weighted by molar-refractivity contribution is 0.185. The smallest absolute Gasteiger partial charge is 0.151 e. The Morgan fingerprint density at radius 1 is 1.33 bits per heavy atom. The molecule has 3 nitrogen and oxygen atoms in total. The van der Waals surface area contributed by atoms with Crippen molar-refractivity contribution in [1.29, 1.82) is 0 Å². The van der Waals surface area contributed by atoms with Crippen molar-refractivity contribution in [3.63, 3.8) is 0 Å². The van der Waals surface area contributed by atoms with Gasteiger partial charge in [-0.3, -0.25) is 0 Å². The van der Waals surface area contributed by atoms with E-state index in [9.17, 15) is 5.11 Å². The molecular formula is C9H9NO2. The van der Waals surface area contributed by atoms with Gasteiger partial charge in [-0.25, -0.2) is 0 Å². The van der Waals surface area contributed by atoms with Gasteiger partial charge in [-0.1, -0.05) is 0 Å². The third-order valence-corrected chi connectivity index (χ3v) is 1.73. The van der Waals surface area contributed by atoms with Crippen LogP contribution in [-0.4, -0.2) is 10.1 Å². The van der Waals surface area contributed by atoms with E-state index in [4.69, 9.17) is 4.42 Å². The van der Waals surface area contributed by atoms with Crippen LogP contribution in [0.3, 0.4) is 0 Å². The Bertz CT molecular complexity index is 289. The van der Waals surface area contributed by atoms with Gasteiger partial charge in [-0.05, 0) is 24.3 Å². The second kappa shape index (κ2) is 2.87. The lowest BCUT2D eigenvalue weighted by Gasteiger charge is -2.03. The van der Waals surface area contributed by atoms with Crippen LogP contribution in [0, 0.1) is 0 Å². The van der Waals surface area contributed by atoms with Crippen molar-refractivity contribution in [1.82, 2.24) is 4.98 Å². The van der Waals surface area contributed by atoms with Crippen LogP contribution in [-0.2, 0) is 0 Å². The zero-order chi connectivity index (χ0) is 8.39. The number of rotatable bonds is 2. The van der Waals surface area contributed by atoms with E-state index in [-0.39, 0.29) is 0 Å². The molecule has 1 unspecified atom stereocenters. The fourth-order valence-electron chi connectivity index (χ4n) is 1.11. The van der Waals surface area contributed by atoms with E-state index in [1.54, 1.807) is 24.6 Å². The summed E-state index contributed by atoms with van der Waals surface area (Å²) in [6.07, 6.45) is 2.62. The lowest BCUT2D eigenvalue weighted by atomic mass is 10.2. The Hall–Kier alpha value is -1.48. The van der Waals surface area contributed by atoms with Crippen LogP contribution in [0.25, 0.3) is 0 Å². The minimum atomic E-state index is -0.685. The van der Waals surface area contributed by atoms with Gasteiger partial charge in [0.15, 0.2) is 6.10 Å². The summed E-state index contributed by atoms with van der Waals surface area (Å²) in [5.41, 5.74) is 0.741. The van der Waals surface area contributed by atoms with Gasteiger partial charge >= 0.3 is 0 Å². The highest BCUT2D eigenvalue weighted by Crippen LogP contribution is 2.19. The van der Waals surface area contributed by atoms with Gasteiger partial charge in [0.2, 0.25) is 0 Å². The number of aliphatic hydroxyl groups is 1. The van der Waals surface area contributed by atoms with Gasteiger partial charge in [0, 0.05) is 6.20 Å². The largest absolute Gasteiger partial charge is 0.466 e. The maximum absolute atomic E-state index is 9.64. The van der Waals surface area contributed by atoms with E-state index in [0.717, 1.165) is 5.69 Å². The molecule has 2 aromatic rings. The van der Waals surface area contributed by atoms with Crippen molar-refractivity contribution in [2.45, 2.75) is 6.10 Å². The molecule has 2 heterocycles. The molecule has 0 radical (unpaired) electrons. The summed E-state index contributed by atoms with van der Waals surface area (Å²) < 4.78 is 5.05. The third-order valence-electron chi connectivity index (χ3n) is 1.73. The first-order valence-electron chi connectivity index (χ1n) is 3.72. The number of H-pyrrole nitrogens is 1. The van der Waals surface area contributed by atoms with E-state index >= 15 is 0 Å². The first-order chi connectivity index (χ1) is 5.88. The summed E-state index contributed by atoms with van der Waals surface area (Å²) in [6, 6.07) is 7.14. The normalized spacial score (nSPS) is 13.1. The topological polar surface area (TPSA) is 49.2 Å². The van der Waals surface area contributed by atoms with Crippen molar-refractivity contribution in [3.05, 3.63) is 48.2 Å². The molecule has 1 atom stereocenters. The molecule has 0 aliphatic carbocycles. The molecule has 62 valence electrons. The molecule has 3 heteroatoms. The molecule has 0 saturated heterocycles. The van der Waals surface area contributed by atoms with Gasteiger partial charge < -0.3 is 14.5 Å². The number of hydrogen-bond acceptors (Lipinski definition) is 2. The first kappa shape index (κ1) is 7.18. The van der Waals surface area contributed by atoms with Gasteiger partial charge in [0.25, 0.3) is 0 Å². The second-order valence-corrected chi connectivity index (χ2v) is 2.54. The number of aromatic amines is 1. The van der Waals surface area contributed by atoms with Gasteiger partial charge in [-0.15, -0.1) is 0 Å². The van der Waals surface area contributed by atoms with Crippen LogP contribution in [0.1, 0.15) is 17.6 Å². The molecule has 0 amide bonds. The molecule has 0 spiro atoms. The average molecular weight is 163 g/mol. The molecule has 0 aromatic carbocycles. The van der Waals surface area contributed by atoms with Crippen LogP contribution in [0.4, 0.5) is 0 Å². The molecule has 2 aromatic heterocycles. The van der Waals surface area contributed by atoms with Gasteiger partial charge in [0.05, 0.1) is 12.0 Å². The monoisotopic (exact) mass is 163 g/mol. The van der Waals surface area contributed by atoms with E-state index in [0.29, 0.717) is 5.76 Å². The summed E-state index contributed by atoms with van der Waals surface area (Å²) >= 11 is 0. The minimum Gasteiger partial charge on any atom is -0.466 e. The Kier molecular flexibility index (Phi) is 1.72. The number of hydrogen-bond donors (Lipinski definition) is 2. The summed E-state index contributed by atoms with van der Waals surface area (Å²) in [6.45, 7) is 0.